The van der Waals surface area contributed by atoms with Gasteiger partial charge in [-0.15, -0.1) is 0 Å². The Morgan fingerprint density at radius 3 is 2.90 bits per heavy atom. The lowest BCUT2D eigenvalue weighted by Crippen LogP contribution is -2.34. The normalized spacial score (nSPS) is 13.1. The van der Waals surface area contributed by atoms with Gasteiger partial charge in [0.1, 0.15) is 5.82 Å². The lowest BCUT2D eigenvalue weighted by molar-refractivity contribution is -0.116. The minimum atomic E-state index is -0.499. The van der Waals surface area contributed by atoms with E-state index >= 15 is 0 Å². The zero-order chi connectivity index (χ0) is 14.8. The molecule has 0 aromatic heterocycles. The highest BCUT2D eigenvalue weighted by atomic mass is 35.5. The van der Waals surface area contributed by atoms with E-state index in [1.165, 1.54) is 17.7 Å². The molecule has 1 N–H and O–H groups in total. The van der Waals surface area contributed by atoms with Crippen LogP contribution in [0.4, 0.5) is 15.8 Å². The van der Waals surface area contributed by atoms with Gasteiger partial charge in [-0.05, 0) is 36.2 Å². The van der Waals surface area contributed by atoms with Crippen molar-refractivity contribution >= 4 is 28.9 Å². The Morgan fingerprint density at radius 1 is 1.29 bits per heavy atom. The van der Waals surface area contributed by atoms with Crippen LogP contribution in [0.2, 0.25) is 5.02 Å². The summed E-state index contributed by atoms with van der Waals surface area (Å²) >= 11 is 5.63. The highest BCUT2D eigenvalue weighted by Gasteiger charge is 2.23. The zero-order valence-corrected chi connectivity index (χ0v) is 12.0. The third-order valence-corrected chi connectivity index (χ3v) is 3.86. The average Bonchev–Trinajstić information content (AvgIpc) is 2.92. The van der Waals surface area contributed by atoms with Crippen molar-refractivity contribution in [1.29, 1.82) is 0 Å². The number of hydrogen-bond donors (Lipinski definition) is 1. The van der Waals surface area contributed by atoms with Crippen LogP contribution in [-0.2, 0) is 11.2 Å². The second-order valence-electron chi connectivity index (χ2n) is 4.91. The number of nitrogens with zero attached hydrogens (tertiary/aromatic N) is 1. The molecule has 2 aromatic rings. The summed E-state index contributed by atoms with van der Waals surface area (Å²) in [6, 6.07) is 12.3. The number of amides is 1. The van der Waals surface area contributed by atoms with Crippen LogP contribution < -0.4 is 10.2 Å². The number of anilines is 2. The molecule has 0 saturated heterocycles. The van der Waals surface area contributed by atoms with Crippen molar-refractivity contribution < 1.29 is 9.18 Å². The van der Waals surface area contributed by atoms with Crippen LogP contribution in [0.25, 0.3) is 0 Å². The van der Waals surface area contributed by atoms with Gasteiger partial charge < -0.3 is 10.2 Å². The summed E-state index contributed by atoms with van der Waals surface area (Å²) in [5.74, 6) is -0.532. The topological polar surface area (TPSA) is 32.3 Å². The van der Waals surface area contributed by atoms with Gasteiger partial charge in [0.05, 0.1) is 11.6 Å². The highest BCUT2D eigenvalue weighted by Crippen LogP contribution is 2.27. The summed E-state index contributed by atoms with van der Waals surface area (Å²) in [6.45, 7) is 0.810. The number of halogens is 2. The summed E-state index contributed by atoms with van der Waals surface area (Å²) < 4.78 is 13.3. The molecule has 0 radical (unpaired) electrons. The van der Waals surface area contributed by atoms with E-state index in [4.69, 9.17) is 11.6 Å². The van der Waals surface area contributed by atoms with E-state index < -0.39 is 5.82 Å². The number of para-hydroxylation sites is 1. The molecular weight excluding hydrogens is 291 g/mol. The van der Waals surface area contributed by atoms with Gasteiger partial charge in [0.15, 0.2) is 0 Å². The lowest BCUT2D eigenvalue weighted by atomic mass is 10.2. The third kappa shape index (κ3) is 2.85. The standard InChI is InChI=1S/C16H14ClFN2O/c17-13-6-5-12(9-14(13)18)19-10-16(21)20-8-7-11-3-1-2-4-15(11)20/h1-6,9,19H,7-8,10H2. The molecule has 3 rings (SSSR count). The van der Waals surface area contributed by atoms with E-state index in [2.05, 4.69) is 5.32 Å². The van der Waals surface area contributed by atoms with Crippen LogP contribution in [0.3, 0.4) is 0 Å². The molecule has 5 heteroatoms. The van der Waals surface area contributed by atoms with Gasteiger partial charge in [-0.1, -0.05) is 29.8 Å². The number of carbonyl (C=O) groups is 1. The first-order valence-electron chi connectivity index (χ1n) is 6.72. The van der Waals surface area contributed by atoms with Gasteiger partial charge in [0.2, 0.25) is 5.91 Å². The molecule has 21 heavy (non-hydrogen) atoms. The number of fused-ring (bicyclic) bond motifs is 1. The van der Waals surface area contributed by atoms with Crippen molar-refractivity contribution in [3.8, 4) is 0 Å². The summed E-state index contributed by atoms with van der Waals surface area (Å²) in [5, 5.41) is 3.00. The fourth-order valence-electron chi connectivity index (χ4n) is 2.48. The van der Waals surface area contributed by atoms with Crippen LogP contribution in [0.5, 0.6) is 0 Å². The Hall–Kier alpha value is -2.07. The van der Waals surface area contributed by atoms with Crippen LogP contribution in [0, 0.1) is 5.82 Å². The van der Waals surface area contributed by atoms with Crippen molar-refractivity contribution in [2.45, 2.75) is 6.42 Å². The zero-order valence-electron chi connectivity index (χ0n) is 11.3. The monoisotopic (exact) mass is 304 g/mol. The number of benzene rings is 2. The number of nitrogens with one attached hydrogen (secondary N) is 1. The summed E-state index contributed by atoms with van der Waals surface area (Å²) in [4.78, 5) is 14.0. The van der Waals surface area contributed by atoms with Gasteiger partial charge in [0.25, 0.3) is 0 Å². The molecule has 1 amide bonds. The lowest BCUT2D eigenvalue weighted by Gasteiger charge is -2.18. The maximum absolute atomic E-state index is 13.3. The number of carbonyl (C=O) groups excluding carboxylic acids is 1. The van der Waals surface area contributed by atoms with Crippen molar-refractivity contribution in [2.24, 2.45) is 0 Å². The van der Waals surface area contributed by atoms with E-state index in [1.807, 2.05) is 24.3 Å². The molecule has 1 aliphatic heterocycles. The quantitative estimate of drug-likeness (QED) is 0.941. The molecule has 0 bridgehead atoms. The Bertz CT molecular complexity index is 690. The second-order valence-corrected chi connectivity index (χ2v) is 5.31. The van der Waals surface area contributed by atoms with E-state index in [0.717, 1.165) is 12.1 Å². The summed E-state index contributed by atoms with van der Waals surface area (Å²) in [6.07, 6.45) is 0.873. The molecule has 108 valence electrons. The van der Waals surface area contributed by atoms with Gasteiger partial charge in [-0.2, -0.15) is 0 Å². The van der Waals surface area contributed by atoms with Crippen LogP contribution >= 0.6 is 11.6 Å². The molecule has 0 unspecified atom stereocenters. The first-order chi connectivity index (χ1) is 10.1. The summed E-state index contributed by atoms with van der Waals surface area (Å²) in [5.41, 5.74) is 2.69. The van der Waals surface area contributed by atoms with E-state index in [1.54, 1.807) is 11.0 Å². The number of rotatable bonds is 3. The van der Waals surface area contributed by atoms with E-state index in [9.17, 15) is 9.18 Å². The molecule has 0 spiro atoms. The van der Waals surface area contributed by atoms with E-state index in [-0.39, 0.29) is 17.5 Å². The average molecular weight is 305 g/mol. The minimum absolute atomic E-state index is 0.0321. The third-order valence-electron chi connectivity index (χ3n) is 3.55. The van der Waals surface area contributed by atoms with Crippen LogP contribution in [-0.4, -0.2) is 19.0 Å². The molecule has 3 nitrogen and oxygen atoms in total. The fourth-order valence-corrected chi connectivity index (χ4v) is 2.59. The van der Waals surface area contributed by atoms with Crippen molar-refractivity contribution in [3.63, 3.8) is 0 Å². The molecule has 0 atom stereocenters. The van der Waals surface area contributed by atoms with Gasteiger partial charge in [-0.3, -0.25) is 4.79 Å². The SMILES string of the molecule is O=C(CNc1ccc(Cl)c(F)c1)N1CCc2ccccc21. The molecule has 0 fully saturated rings. The minimum Gasteiger partial charge on any atom is -0.376 e. The Balaban J connectivity index is 1.66. The first kappa shape index (κ1) is 13.9. The predicted molar refractivity (Wildman–Crippen MR) is 82.4 cm³/mol. The molecule has 0 aliphatic carbocycles. The van der Waals surface area contributed by atoms with Crippen molar-refractivity contribution in [2.75, 3.05) is 23.3 Å². The summed E-state index contributed by atoms with van der Waals surface area (Å²) in [7, 11) is 0. The number of hydrogen-bond acceptors (Lipinski definition) is 2. The van der Waals surface area contributed by atoms with Gasteiger partial charge in [-0.25, -0.2) is 4.39 Å². The molecule has 0 saturated carbocycles. The fraction of sp³-hybridized carbons (Fsp3) is 0.188. The predicted octanol–water partition coefficient (Wildman–Crippen LogP) is 3.48. The maximum atomic E-state index is 13.3. The largest absolute Gasteiger partial charge is 0.376 e. The Labute approximate surface area is 127 Å². The van der Waals surface area contributed by atoms with Crippen molar-refractivity contribution in [3.05, 3.63) is 58.9 Å². The smallest absolute Gasteiger partial charge is 0.246 e. The van der Waals surface area contributed by atoms with E-state index in [0.29, 0.717) is 12.2 Å². The van der Waals surface area contributed by atoms with Gasteiger partial charge in [0, 0.05) is 17.9 Å². The maximum Gasteiger partial charge on any atom is 0.246 e. The second kappa shape index (κ2) is 5.74. The van der Waals surface area contributed by atoms with Crippen LogP contribution in [0.1, 0.15) is 5.56 Å². The Morgan fingerprint density at radius 2 is 2.10 bits per heavy atom. The molecule has 2 aromatic carbocycles. The molecular formula is C16H14ClFN2O. The highest BCUT2D eigenvalue weighted by molar-refractivity contribution is 6.30. The van der Waals surface area contributed by atoms with Crippen molar-refractivity contribution in [1.82, 2.24) is 0 Å². The van der Waals surface area contributed by atoms with Gasteiger partial charge >= 0.3 is 0 Å². The van der Waals surface area contributed by atoms with Crippen LogP contribution in [0.15, 0.2) is 42.5 Å². The first-order valence-corrected chi connectivity index (χ1v) is 7.10. The molecule has 1 heterocycles. The molecule has 1 aliphatic rings. The Kier molecular flexibility index (Phi) is 3.80.